The number of nitro benzene ring substituents is 2. The lowest BCUT2D eigenvalue weighted by Gasteiger charge is -2.40. The lowest BCUT2D eigenvalue weighted by molar-refractivity contribution is -0.393. The smallest absolute Gasteiger partial charge is 0.301 e. The Bertz CT molecular complexity index is 1050. The van der Waals surface area contributed by atoms with Crippen molar-refractivity contribution >= 4 is 39.9 Å². The maximum Gasteiger partial charge on any atom is 0.301 e. The van der Waals surface area contributed by atoms with Gasteiger partial charge < -0.3 is 13.6 Å². The van der Waals surface area contributed by atoms with Crippen LogP contribution in [0.2, 0.25) is 36.3 Å². The monoisotopic (exact) mass is 582 g/mol. The van der Waals surface area contributed by atoms with E-state index >= 15 is 0 Å². The normalized spacial score (nSPS) is 20.9. The molecule has 3 atom stereocenters. The molecular weight excluding hydrogens is 536 g/mol. The molecule has 0 bridgehead atoms. The number of rotatable bonds is 12. The molecule has 0 amide bonds. The Balaban J connectivity index is 2.08. The predicted octanol–water partition coefficient (Wildman–Crippen LogP) is 7.25. The third kappa shape index (κ3) is 8.90. The first kappa shape index (κ1) is 33.0. The number of ether oxygens (including phenoxy) is 1. The maximum absolute atomic E-state index is 11.4. The van der Waals surface area contributed by atoms with Crippen LogP contribution in [0.25, 0.3) is 0 Å². The van der Waals surface area contributed by atoms with E-state index in [9.17, 15) is 20.2 Å². The third-order valence-corrected chi connectivity index (χ3v) is 17.3. The Morgan fingerprint density at radius 3 is 2.21 bits per heavy atom. The largest absolute Gasteiger partial charge is 0.417 e. The summed E-state index contributed by atoms with van der Waals surface area (Å²) >= 11 is 0. The first-order valence-corrected chi connectivity index (χ1v) is 19.2. The standard InChI is InChI=1S/C26H46N4O7Si2/c1-25(2,3)38(7,8)35-16-14-23-24(37-39(9,10)26(4,5)6)18-20(36-23)13-15-27-28-21-12-11-19(29(31)32)17-22(21)30(33)34/h11-12,15,17,20,23-24,28H,13-14,16,18H2,1-10H3/b27-15+/t20-,23+,24-/m0/s1. The van der Waals surface area contributed by atoms with E-state index in [0.717, 1.165) is 18.9 Å². The van der Waals surface area contributed by atoms with Gasteiger partial charge in [-0.05, 0) is 48.8 Å². The van der Waals surface area contributed by atoms with Crippen molar-refractivity contribution in [1.29, 1.82) is 0 Å². The van der Waals surface area contributed by atoms with Crippen LogP contribution in [0.15, 0.2) is 23.3 Å². The average molecular weight is 583 g/mol. The van der Waals surface area contributed by atoms with E-state index in [-0.39, 0.29) is 39.8 Å². The highest BCUT2D eigenvalue weighted by molar-refractivity contribution is 6.74. The molecule has 0 aromatic heterocycles. The zero-order valence-corrected chi connectivity index (χ0v) is 27.1. The van der Waals surface area contributed by atoms with Crippen LogP contribution >= 0.6 is 0 Å². The SMILES string of the molecule is CC(C)(C)[Si](C)(C)OCC[C@H]1O[C@@H](C/C=N/Nc2ccc([N+](=O)[O-])cc2[N+](=O)[O-])C[C@@H]1O[Si](C)(C)C(C)(C)C. The number of hydrogen-bond acceptors (Lipinski definition) is 9. The molecule has 1 heterocycles. The zero-order valence-electron chi connectivity index (χ0n) is 25.1. The Hall–Kier alpha value is -2.20. The maximum atomic E-state index is 11.4. The van der Waals surface area contributed by atoms with Crippen molar-refractivity contribution < 1.29 is 23.4 Å². The van der Waals surface area contributed by atoms with Crippen LogP contribution in [0.3, 0.4) is 0 Å². The van der Waals surface area contributed by atoms with Gasteiger partial charge in [-0.2, -0.15) is 5.10 Å². The minimum Gasteiger partial charge on any atom is -0.417 e. The van der Waals surface area contributed by atoms with Crippen LogP contribution in [-0.4, -0.2) is 57.6 Å². The molecule has 0 radical (unpaired) electrons. The van der Waals surface area contributed by atoms with Gasteiger partial charge in [0.25, 0.3) is 5.69 Å². The van der Waals surface area contributed by atoms with Gasteiger partial charge in [0.1, 0.15) is 5.69 Å². The van der Waals surface area contributed by atoms with Gasteiger partial charge in [-0.3, -0.25) is 25.7 Å². The molecule has 1 saturated heterocycles. The molecular formula is C26H46N4O7Si2. The Morgan fingerprint density at radius 2 is 1.67 bits per heavy atom. The third-order valence-electron chi connectivity index (χ3n) is 8.23. The number of anilines is 1. The summed E-state index contributed by atoms with van der Waals surface area (Å²) in [5, 5.41) is 26.6. The van der Waals surface area contributed by atoms with Crippen LogP contribution in [0, 0.1) is 20.2 Å². The Labute approximate surface area is 234 Å². The second-order valence-corrected chi connectivity index (χ2v) is 22.8. The lowest BCUT2D eigenvalue weighted by Crippen LogP contribution is -2.46. The highest BCUT2D eigenvalue weighted by Gasteiger charge is 2.45. The minimum atomic E-state index is -2.03. The van der Waals surface area contributed by atoms with Gasteiger partial charge in [0.05, 0.1) is 34.2 Å². The van der Waals surface area contributed by atoms with Gasteiger partial charge in [0.2, 0.25) is 0 Å². The Kier molecular flexibility index (Phi) is 10.6. The molecule has 1 aliphatic rings. The molecule has 39 heavy (non-hydrogen) atoms. The average Bonchev–Trinajstić information content (AvgIpc) is 3.15. The van der Waals surface area contributed by atoms with E-state index in [4.69, 9.17) is 13.6 Å². The van der Waals surface area contributed by atoms with Gasteiger partial charge in [0.15, 0.2) is 16.6 Å². The van der Waals surface area contributed by atoms with Gasteiger partial charge in [0, 0.05) is 31.7 Å². The Morgan fingerprint density at radius 1 is 1.05 bits per heavy atom. The summed E-state index contributed by atoms with van der Waals surface area (Å²) in [6.45, 7) is 22.9. The van der Waals surface area contributed by atoms with Gasteiger partial charge in [-0.1, -0.05) is 41.5 Å². The number of benzene rings is 1. The number of nitrogens with one attached hydrogen (secondary N) is 1. The highest BCUT2D eigenvalue weighted by Crippen LogP contribution is 2.41. The van der Waals surface area contributed by atoms with Crippen molar-refractivity contribution in [3.8, 4) is 0 Å². The number of nitrogens with zero attached hydrogens (tertiary/aromatic N) is 3. The molecule has 13 heteroatoms. The molecule has 0 unspecified atom stereocenters. The van der Waals surface area contributed by atoms with Crippen LogP contribution in [0.4, 0.5) is 17.1 Å². The van der Waals surface area contributed by atoms with E-state index in [1.165, 1.54) is 12.1 Å². The topological polar surface area (TPSA) is 138 Å². The summed E-state index contributed by atoms with van der Waals surface area (Å²) in [6.07, 6.45) is 3.32. The summed E-state index contributed by atoms with van der Waals surface area (Å²) in [6, 6.07) is 3.39. The second-order valence-electron chi connectivity index (χ2n) is 13.2. The number of hydrazone groups is 1. The fraction of sp³-hybridized carbons (Fsp3) is 0.731. The molecule has 1 aromatic rings. The molecule has 0 spiro atoms. The van der Waals surface area contributed by atoms with Gasteiger partial charge >= 0.3 is 5.69 Å². The first-order valence-electron chi connectivity index (χ1n) is 13.4. The molecule has 0 saturated carbocycles. The molecule has 1 N–H and O–H groups in total. The highest BCUT2D eigenvalue weighted by atomic mass is 28.4. The van der Waals surface area contributed by atoms with E-state index < -0.39 is 32.2 Å². The van der Waals surface area contributed by atoms with E-state index in [1.54, 1.807) is 6.21 Å². The molecule has 2 rings (SSSR count). The van der Waals surface area contributed by atoms with Crippen molar-refractivity contribution in [3.63, 3.8) is 0 Å². The van der Waals surface area contributed by atoms with E-state index in [1.807, 2.05) is 0 Å². The molecule has 11 nitrogen and oxygen atoms in total. The molecule has 1 aromatic carbocycles. The zero-order chi connectivity index (χ0) is 29.8. The summed E-state index contributed by atoms with van der Waals surface area (Å²) in [5.41, 5.74) is 1.95. The van der Waals surface area contributed by atoms with Crippen LogP contribution in [0.5, 0.6) is 0 Å². The fourth-order valence-corrected chi connectivity index (χ4v) is 6.12. The number of nitro groups is 2. The predicted molar refractivity (Wildman–Crippen MR) is 160 cm³/mol. The molecule has 220 valence electrons. The summed E-state index contributed by atoms with van der Waals surface area (Å²) in [4.78, 5) is 21.0. The second kappa shape index (κ2) is 12.5. The van der Waals surface area contributed by atoms with Crippen molar-refractivity contribution in [2.24, 2.45) is 5.10 Å². The summed E-state index contributed by atoms with van der Waals surface area (Å²) in [5.74, 6) is 0. The lowest BCUT2D eigenvalue weighted by atomic mass is 10.1. The number of non-ortho nitro benzene ring substituents is 1. The first-order chi connectivity index (χ1) is 17.7. The molecule has 1 aliphatic heterocycles. The van der Waals surface area contributed by atoms with Gasteiger partial charge in [-0.25, -0.2) is 0 Å². The van der Waals surface area contributed by atoms with Crippen LogP contribution in [0.1, 0.15) is 60.8 Å². The molecule has 1 fully saturated rings. The number of hydrogen-bond donors (Lipinski definition) is 1. The van der Waals surface area contributed by atoms with Crippen LogP contribution in [-0.2, 0) is 13.6 Å². The molecule has 0 aliphatic carbocycles. The van der Waals surface area contributed by atoms with Crippen molar-refractivity contribution in [2.75, 3.05) is 12.0 Å². The van der Waals surface area contributed by atoms with Crippen molar-refractivity contribution in [3.05, 3.63) is 38.4 Å². The fourth-order valence-electron chi connectivity index (χ4n) is 3.70. The summed E-state index contributed by atoms with van der Waals surface area (Å²) in [7, 11) is -3.91. The van der Waals surface area contributed by atoms with Crippen LogP contribution < -0.4 is 5.43 Å². The van der Waals surface area contributed by atoms with Crippen molar-refractivity contribution in [1.82, 2.24) is 0 Å². The van der Waals surface area contributed by atoms with E-state index in [0.29, 0.717) is 13.0 Å². The quantitative estimate of drug-likeness (QED) is 0.118. The minimum absolute atomic E-state index is 0.0453. The van der Waals surface area contributed by atoms with Crippen molar-refractivity contribution in [2.45, 2.75) is 115 Å². The summed E-state index contributed by atoms with van der Waals surface area (Å²) < 4.78 is 19.6. The van der Waals surface area contributed by atoms with Gasteiger partial charge in [-0.15, -0.1) is 0 Å². The van der Waals surface area contributed by atoms with E-state index in [2.05, 4.69) is 78.3 Å².